The van der Waals surface area contributed by atoms with Crippen LogP contribution in [0.4, 0.5) is 31.5 Å². The van der Waals surface area contributed by atoms with Gasteiger partial charge in [0.1, 0.15) is 55.2 Å². The van der Waals surface area contributed by atoms with Gasteiger partial charge in [-0.05, 0) is 108 Å². The van der Waals surface area contributed by atoms with Gasteiger partial charge in [-0.2, -0.15) is 10.2 Å². The molecule has 13 nitrogen and oxygen atoms in total. The average molecular weight is 975 g/mol. The molecule has 0 radical (unpaired) electrons. The summed E-state index contributed by atoms with van der Waals surface area (Å²) < 4.78 is 48.0. The van der Waals surface area contributed by atoms with Crippen molar-refractivity contribution in [2.45, 2.75) is 117 Å². The second-order valence-electron chi connectivity index (χ2n) is 21.3. The summed E-state index contributed by atoms with van der Waals surface area (Å²) in [5.74, 6) is 2.91. The van der Waals surface area contributed by atoms with Gasteiger partial charge >= 0.3 is 0 Å². The summed E-state index contributed by atoms with van der Waals surface area (Å²) in [7, 11) is -1.22. The molecule has 6 heterocycles. The van der Waals surface area contributed by atoms with Gasteiger partial charge in [0, 0.05) is 73.5 Å². The van der Waals surface area contributed by atoms with Gasteiger partial charge in [0.25, 0.3) is 11.8 Å². The van der Waals surface area contributed by atoms with E-state index in [9.17, 15) is 14.0 Å². The molecule has 1 N–H and O–H groups in total. The molecule has 10 rings (SSSR count). The number of piperidine rings is 2. The highest BCUT2D eigenvalue weighted by molar-refractivity contribution is 6.76. The number of hydrogen-bond donors (Lipinski definition) is 1. The van der Waals surface area contributed by atoms with Gasteiger partial charge in [-0.3, -0.25) is 9.59 Å². The fourth-order valence-corrected chi connectivity index (χ4v) is 11.2. The summed E-state index contributed by atoms with van der Waals surface area (Å²) in [6.45, 7) is 22.7. The van der Waals surface area contributed by atoms with E-state index < -0.39 is 20.2 Å². The van der Waals surface area contributed by atoms with E-state index in [0.717, 1.165) is 65.9 Å². The first kappa shape index (κ1) is 49.0. The van der Waals surface area contributed by atoms with Gasteiger partial charge in [0.15, 0.2) is 11.7 Å². The molecule has 372 valence electrons. The van der Waals surface area contributed by atoms with Crippen LogP contribution in [0.15, 0.2) is 83.0 Å². The van der Waals surface area contributed by atoms with Crippen molar-refractivity contribution in [1.82, 2.24) is 10.4 Å². The molecule has 0 bridgehead atoms. The number of nitrogens with one attached hydrogen (secondary N) is 1. The minimum atomic E-state index is -1.22. The van der Waals surface area contributed by atoms with Crippen molar-refractivity contribution in [3.8, 4) is 33.8 Å². The first-order valence-corrected chi connectivity index (χ1v) is 28.7. The maximum absolute atomic E-state index is 15.1. The fourth-order valence-electron chi connectivity index (χ4n) is 10.4. The van der Waals surface area contributed by atoms with Crippen molar-refractivity contribution in [2.75, 3.05) is 59.2 Å². The molecule has 0 aliphatic carbocycles. The Labute approximate surface area is 412 Å². The van der Waals surface area contributed by atoms with E-state index in [1.807, 2.05) is 60.0 Å². The van der Waals surface area contributed by atoms with Crippen LogP contribution in [0.3, 0.4) is 0 Å². The van der Waals surface area contributed by atoms with Crippen molar-refractivity contribution in [3.63, 3.8) is 0 Å². The molecule has 2 amide bonds. The van der Waals surface area contributed by atoms with Crippen LogP contribution in [0, 0.1) is 23.5 Å². The molecule has 4 aromatic carbocycles. The molecule has 0 spiro atoms. The minimum Gasteiger partial charge on any atom is -0.483 e. The molecular formula is C54H68F2N8O5Si. The Bertz CT molecular complexity index is 2690. The number of amidine groups is 2. The zero-order chi connectivity index (χ0) is 49.6. The number of amides is 2. The fraction of sp³-hybridized carbons (Fsp3) is 0.481. The third kappa shape index (κ3) is 9.85. The van der Waals surface area contributed by atoms with Crippen LogP contribution in [0.5, 0.6) is 11.5 Å². The number of rotatable bonds is 9. The number of halogens is 2. The Morgan fingerprint density at radius 2 is 1.16 bits per heavy atom. The second kappa shape index (κ2) is 20.0. The van der Waals surface area contributed by atoms with E-state index in [2.05, 4.69) is 84.9 Å². The van der Waals surface area contributed by atoms with Crippen LogP contribution in [0.25, 0.3) is 22.3 Å². The molecule has 2 unspecified atom stereocenters. The molecule has 6 atom stereocenters. The maximum Gasteiger partial charge on any atom is 0.267 e. The molecule has 2 fully saturated rings. The van der Waals surface area contributed by atoms with E-state index in [0.29, 0.717) is 64.8 Å². The van der Waals surface area contributed by atoms with Gasteiger partial charge < -0.3 is 33.8 Å². The lowest BCUT2D eigenvalue weighted by molar-refractivity contribution is -0.138. The molecule has 70 heavy (non-hydrogen) atoms. The number of fused-ring (bicyclic) bond motifs is 6. The number of hydrogen-bond acceptors (Lipinski definition) is 11. The lowest BCUT2D eigenvalue weighted by atomic mass is 9.92. The lowest BCUT2D eigenvalue weighted by Gasteiger charge is -2.43. The number of anilines is 4. The Hall–Kier alpha value is -6.00. The average Bonchev–Trinajstić information content (AvgIpc) is 3.33. The third-order valence-electron chi connectivity index (χ3n) is 14.6. The number of benzene rings is 4. The smallest absolute Gasteiger partial charge is 0.267 e. The first-order chi connectivity index (χ1) is 33.5. The van der Waals surface area contributed by atoms with Gasteiger partial charge in [0.2, 0.25) is 0 Å². The van der Waals surface area contributed by atoms with E-state index in [-0.39, 0.29) is 43.4 Å². The standard InChI is InChI=1S/C30H41FN4O3Si.C24H27FN4O2/c1-20-11-12-21(2)33(17-20)26-16-27-28(15-24(26)23-9-7-8-10-25(23)31)38-18-29-32-34(30(36)22(3)35(27)29)19-37-13-14-39(4,5)6;1-14-8-9-15(2)28(12-14)20-11-21-22(10-18(20)17-6-4-5-7-19(17)25)31-13-23-26-27-24(30)16(3)29(21)23/h7-10,15-16,20-22H,11-14,17-19H2,1-6H3;4-7,10-11,14-16H,8-9,12-13H2,1-3H3,(H,27,30)/t20-,21-,22?;14-,15-,16?/m11/s1. The SMILES string of the molecule is CC1C(=O)N(COCC[Si](C)(C)C)N=C2COc3cc(-c4ccccc4F)c(N4C[C@H](C)CC[C@H]4C)cc3N21.CC1C(=O)NN=C2COc3cc(-c4ccccc4F)c(N4C[C@H](C)CC[C@H]4C)cc3N21. The second-order valence-corrected chi connectivity index (χ2v) is 26.9. The molecule has 16 heteroatoms. The Morgan fingerprint density at radius 3 is 1.67 bits per heavy atom. The topological polar surface area (TPSA) is 115 Å². The molecule has 6 aliphatic heterocycles. The Morgan fingerprint density at radius 1 is 0.657 bits per heavy atom. The summed E-state index contributed by atoms with van der Waals surface area (Å²) in [4.78, 5) is 34.4. The summed E-state index contributed by atoms with van der Waals surface area (Å²) >= 11 is 0. The molecule has 0 saturated carbocycles. The molecule has 0 aromatic heterocycles. The quantitative estimate of drug-likeness (QED) is 0.129. The van der Waals surface area contributed by atoms with Gasteiger partial charge in [-0.1, -0.05) is 69.9 Å². The predicted molar refractivity (Wildman–Crippen MR) is 278 cm³/mol. The van der Waals surface area contributed by atoms with Crippen LogP contribution >= 0.6 is 0 Å². The lowest BCUT2D eigenvalue weighted by Crippen LogP contribution is -2.57. The van der Waals surface area contributed by atoms with Crippen LogP contribution in [-0.2, 0) is 14.3 Å². The van der Waals surface area contributed by atoms with Crippen molar-refractivity contribution < 1.29 is 32.6 Å². The van der Waals surface area contributed by atoms with E-state index in [4.69, 9.17) is 14.2 Å². The van der Waals surface area contributed by atoms with Crippen molar-refractivity contribution in [3.05, 3.63) is 84.4 Å². The Kier molecular flexibility index (Phi) is 14.0. The normalized spacial score (nSPS) is 24.1. The van der Waals surface area contributed by atoms with Gasteiger partial charge in [0.05, 0.1) is 11.4 Å². The van der Waals surface area contributed by atoms with Crippen LogP contribution < -0.4 is 34.5 Å². The zero-order valence-corrected chi connectivity index (χ0v) is 43.1. The number of carbonyl (C=O) groups excluding carboxylic acids is 2. The third-order valence-corrected chi connectivity index (χ3v) is 16.3. The minimum absolute atomic E-state index is 0.112. The molecular weight excluding hydrogens is 907 g/mol. The van der Waals surface area contributed by atoms with Crippen LogP contribution in [-0.4, -0.2) is 100 Å². The predicted octanol–water partition coefficient (Wildman–Crippen LogP) is 10.3. The number of carbonyl (C=O) groups is 2. The molecule has 6 aliphatic rings. The number of hydrazone groups is 2. The summed E-state index contributed by atoms with van der Waals surface area (Å²) in [5.41, 5.74) is 8.80. The number of ether oxygens (including phenoxy) is 3. The Balaban J connectivity index is 0.000000178. The summed E-state index contributed by atoms with van der Waals surface area (Å²) in [6, 6.07) is 22.5. The number of nitrogens with zero attached hydrogens (tertiary/aromatic N) is 7. The highest BCUT2D eigenvalue weighted by Gasteiger charge is 2.41. The van der Waals surface area contributed by atoms with Gasteiger partial charge in [-0.25, -0.2) is 19.2 Å². The summed E-state index contributed by atoms with van der Waals surface area (Å²) in [5, 5.41) is 10.3. The monoisotopic (exact) mass is 975 g/mol. The van der Waals surface area contributed by atoms with E-state index in [1.165, 1.54) is 30.0 Å². The first-order valence-electron chi connectivity index (χ1n) is 25.0. The highest BCUT2D eigenvalue weighted by Crippen LogP contribution is 2.48. The zero-order valence-electron chi connectivity index (χ0n) is 42.1. The van der Waals surface area contributed by atoms with E-state index >= 15 is 4.39 Å². The maximum atomic E-state index is 15.1. The van der Waals surface area contributed by atoms with Crippen LogP contribution in [0.2, 0.25) is 25.7 Å². The molecule has 2 saturated heterocycles. The highest BCUT2D eigenvalue weighted by atomic mass is 28.3. The summed E-state index contributed by atoms with van der Waals surface area (Å²) in [6.07, 6.45) is 4.51. The van der Waals surface area contributed by atoms with Crippen molar-refractivity contribution in [2.24, 2.45) is 22.0 Å². The van der Waals surface area contributed by atoms with Crippen molar-refractivity contribution in [1.29, 1.82) is 0 Å². The largest absolute Gasteiger partial charge is 0.483 e. The van der Waals surface area contributed by atoms with E-state index in [1.54, 1.807) is 12.1 Å². The van der Waals surface area contributed by atoms with Gasteiger partial charge in [-0.15, -0.1) is 0 Å². The molecule has 4 aromatic rings. The van der Waals surface area contributed by atoms with Crippen molar-refractivity contribution >= 4 is 54.3 Å². The van der Waals surface area contributed by atoms with Crippen LogP contribution in [0.1, 0.15) is 67.2 Å².